The Bertz CT molecular complexity index is 773. The van der Waals surface area contributed by atoms with Crippen molar-refractivity contribution in [2.45, 2.75) is 51.9 Å². The van der Waals surface area contributed by atoms with Crippen LogP contribution in [0.3, 0.4) is 0 Å². The van der Waals surface area contributed by atoms with Gasteiger partial charge >= 0.3 is 5.97 Å². The molecule has 0 bridgehead atoms. The monoisotopic (exact) mass is 406 g/mol. The molecule has 1 N–H and O–H groups in total. The van der Waals surface area contributed by atoms with Crippen molar-refractivity contribution < 1.29 is 14.7 Å². The summed E-state index contributed by atoms with van der Waals surface area (Å²) in [5, 5.41) is 8.79. The summed E-state index contributed by atoms with van der Waals surface area (Å²) in [6.45, 7) is 2.21. The van der Waals surface area contributed by atoms with Gasteiger partial charge in [0.1, 0.15) is 0 Å². The van der Waals surface area contributed by atoms with E-state index in [0.29, 0.717) is 0 Å². The summed E-state index contributed by atoms with van der Waals surface area (Å²) < 4.78 is 2.58. The lowest BCUT2D eigenvalue weighted by Crippen LogP contribution is -2.22. The number of nitrogens with zero attached hydrogens (tertiary/aromatic N) is 2. The van der Waals surface area contributed by atoms with Crippen LogP contribution < -0.4 is 4.31 Å². The van der Waals surface area contributed by atoms with Crippen molar-refractivity contribution in [1.82, 2.24) is 4.98 Å². The number of rotatable bonds is 12. The van der Waals surface area contributed by atoms with Crippen LogP contribution in [0, 0.1) is 0 Å². The van der Waals surface area contributed by atoms with Crippen molar-refractivity contribution in [3.05, 3.63) is 35.9 Å². The third-order valence-electron chi connectivity index (χ3n) is 4.09. The topological polar surface area (TPSA) is 70.5 Å². The van der Waals surface area contributed by atoms with Gasteiger partial charge < -0.3 is 5.11 Å². The number of hydrogen-bond donors (Lipinski definition) is 1. The first-order valence-electron chi connectivity index (χ1n) is 9.33. The summed E-state index contributed by atoms with van der Waals surface area (Å²) in [6, 6.07) is 5.67. The molecule has 1 aromatic heterocycles. The molecule has 0 aliphatic rings. The van der Waals surface area contributed by atoms with Gasteiger partial charge in [-0.1, -0.05) is 45.4 Å². The normalized spacial score (nSPS) is 11.3. The van der Waals surface area contributed by atoms with Gasteiger partial charge in [0, 0.05) is 17.9 Å². The average molecular weight is 407 g/mol. The summed E-state index contributed by atoms with van der Waals surface area (Å²) in [4.78, 5) is 27.5. The molecule has 1 amide bonds. The first-order valence-corrected chi connectivity index (χ1v) is 11.1. The number of amides is 1. The highest BCUT2D eigenvalue weighted by molar-refractivity contribution is 8.01. The number of hydrogen-bond acceptors (Lipinski definition) is 5. The van der Waals surface area contributed by atoms with Gasteiger partial charge in [-0.15, -0.1) is 11.3 Å². The van der Waals surface area contributed by atoms with Crippen LogP contribution in [0.1, 0.15) is 51.9 Å². The van der Waals surface area contributed by atoms with Crippen LogP contribution in [0.15, 0.2) is 35.9 Å². The van der Waals surface area contributed by atoms with E-state index in [9.17, 15) is 9.59 Å². The Morgan fingerprint density at radius 2 is 1.89 bits per heavy atom. The zero-order chi connectivity index (χ0) is 19.5. The highest BCUT2D eigenvalue weighted by Gasteiger charge is 2.15. The van der Waals surface area contributed by atoms with Crippen molar-refractivity contribution in [3.63, 3.8) is 0 Å². The molecule has 0 atom stereocenters. The standard InChI is InChI=1S/C20H26N2O3S2/c1-2-3-4-5-6-7-8-13-27-22(19(23)11-12-20(24)25)16-9-10-17-18(14-16)26-15-21-17/h9-12,14-15H,2-8,13H2,1H3,(H,24,25). The molecule has 0 saturated carbocycles. The molecule has 146 valence electrons. The Morgan fingerprint density at radius 3 is 2.63 bits per heavy atom. The van der Waals surface area contributed by atoms with Gasteiger partial charge in [-0.3, -0.25) is 9.10 Å². The second-order valence-corrected chi connectivity index (χ2v) is 8.18. The smallest absolute Gasteiger partial charge is 0.328 e. The quantitative estimate of drug-likeness (QED) is 0.279. The predicted molar refractivity (Wildman–Crippen MR) is 114 cm³/mol. The first kappa shape index (κ1) is 21.4. The molecule has 2 rings (SSSR count). The molecule has 1 heterocycles. The molecule has 0 spiro atoms. The number of thiazole rings is 1. The summed E-state index contributed by atoms with van der Waals surface area (Å²) in [7, 11) is 0. The summed E-state index contributed by atoms with van der Waals surface area (Å²) in [6.07, 6.45) is 10.5. The lowest BCUT2D eigenvalue weighted by molar-refractivity contribution is -0.131. The second kappa shape index (κ2) is 11.8. The van der Waals surface area contributed by atoms with E-state index in [1.165, 1.54) is 55.4 Å². The molecule has 0 saturated heterocycles. The number of fused-ring (bicyclic) bond motifs is 1. The maximum Gasteiger partial charge on any atom is 0.328 e. The Labute approximate surface area is 168 Å². The molecule has 7 heteroatoms. The summed E-state index contributed by atoms with van der Waals surface area (Å²) in [5.74, 6) is -0.645. The molecule has 0 radical (unpaired) electrons. The third-order valence-corrected chi connectivity index (χ3v) is 6.00. The second-order valence-electron chi connectivity index (χ2n) is 6.26. The lowest BCUT2D eigenvalue weighted by atomic mass is 10.1. The largest absolute Gasteiger partial charge is 0.478 e. The zero-order valence-corrected chi connectivity index (χ0v) is 17.2. The number of anilines is 1. The summed E-state index contributed by atoms with van der Waals surface area (Å²) >= 11 is 2.96. The number of aromatic nitrogens is 1. The van der Waals surface area contributed by atoms with Crippen LogP contribution in [-0.4, -0.2) is 27.7 Å². The van der Waals surface area contributed by atoms with E-state index < -0.39 is 5.97 Å². The number of unbranched alkanes of at least 4 members (excludes halogenated alkanes) is 6. The maximum absolute atomic E-state index is 12.5. The van der Waals surface area contributed by atoms with Crippen molar-refractivity contribution >= 4 is 51.1 Å². The maximum atomic E-state index is 12.5. The fraction of sp³-hybridized carbons (Fsp3) is 0.450. The van der Waals surface area contributed by atoms with Crippen molar-refractivity contribution in [3.8, 4) is 0 Å². The number of carbonyl (C=O) groups is 2. The van der Waals surface area contributed by atoms with Gasteiger partial charge in [0.2, 0.25) is 0 Å². The predicted octanol–water partition coefficient (Wildman–Crippen LogP) is 5.67. The highest BCUT2D eigenvalue weighted by atomic mass is 32.2. The summed E-state index contributed by atoms with van der Waals surface area (Å²) in [5.41, 5.74) is 3.42. The highest BCUT2D eigenvalue weighted by Crippen LogP contribution is 2.29. The van der Waals surface area contributed by atoms with Gasteiger partial charge in [0.25, 0.3) is 5.91 Å². The number of carbonyl (C=O) groups excluding carboxylic acids is 1. The molecular formula is C20H26N2O3S2. The van der Waals surface area contributed by atoms with Crippen LogP contribution in [-0.2, 0) is 9.59 Å². The van der Waals surface area contributed by atoms with Crippen molar-refractivity contribution in [2.24, 2.45) is 0 Å². The number of carboxylic acid groups (broad SMARTS) is 1. The Hall–Kier alpha value is -1.86. The molecule has 2 aromatic rings. The van der Waals surface area contributed by atoms with E-state index in [1.807, 2.05) is 18.2 Å². The van der Waals surface area contributed by atoms with E-state index in [0.717, 1.165) is 46.7 Å². The van der Waals surface area contributed by atoms with Gasteiger partial charge in [-0.05, 0) is 36.6 Å². The van der Waals surface area contributed by atoms with E-state index in [1.54, 1.807) is 9.82 Å². The fourth-order valence-corrected chi connectivity index (χ4v) is 4.34. The third kappa shape index (κ3) is 7.34. The van der Waals surface area contributed by atoms with Crippen LogP contribution >= 0.6 is 23.3 Å². The Balaban J connectivity index is 1.95. The van der Waals surface area contributed by atoms with Gasteiger partial charge in [0.05, 0.1) is 21.4 Å². The number of benzene rings is 1. The Morgan fingerprint density at radius 1 is 1.15 bits per heavy atom. The van der Waals surface area contributed by atoms with Crippen LogP contribution in [0.4, 0.5) is 5.69 Å². The minimum Gasteiger partial charge on any atom is -0.478 e. The first-order chi connectivity index (χ1) is 13.1. The van der Waals surface area contributed by atoms with Gasteiger partial charge in [0.15, 0.2) is 0 Å². The van der Waals surface area contributed by atoms with Gasteiger partial charge in [-0.25, -0.2) is 9.78 Å². The van der Waals surface area contributed by atoms with E-state index >= 15 is 0 Å². The molecule has 27 heavy (non-hydrogen) atoms. The van der Waals surface area contributed by atoms with Gasteiger partial charge in [-0.2, -0.15) is 0 Å². The van der Waals surface area contributed by atoms with E-state index in [4.69, 9.17) is 5.11 Å². The Kier molecular flexibility index (Phi) is 9.35. The molecule has 5 nitrogen and oxygen atoms in total. The molecule has 0 unspecified atom stereocenters. The number of aliphatic carboxylic acids is 1. The minimum absolute atomic E-state index is 0.339. The van der Waals surface area contributed by atoms with E-state index in [-0.39, 0.29) is 5.91 Å². The number of carboxylic acids is 1. The fourth-order valence-electron chi connectivity index (χ4n) is 2.66. The molecule has 0 aliphatic carbocycles. The van der Waals surface area contributed by atoms with Crippen molar-refractivity contribution in [1.29, 1.82) is 0 Å². The SMILES string of the molecule is CCCCCCCCCSN(C(=O)C=CC(=O)O)c1ccc2ncsc2c1. The van der Waals surface area contributed by atoms with Crippen LogP contribution in [0.2, 0.25) is 0 Å². The zero-order valence-electron chi connectivity index (χ0n) is 15.6. The lowest BCUT2D eigenvalue weighted by Gasteiger charge is -2.20. The molecule has 0 fully saturated rings. The van der Waals surface area contributed by atoms with Crippen LogP contribution in [0.25, 0.3) is 10.2 Å². The van der Waals surface area contributed by atoms with Crippen molar-refractivity contribution in [2.75, 3.05) is 10.1 Å². The average Bonchev–Trinajstić information content (AvgIpc) is 3.12. The van der Waals surface area contributed by atoms with E-state index in [2.05, 4.69) is 11.9 Å². The minimum atomic E-state index is -1.13. The molecule has 1 aromatic carbocycles. The molecule has 0 aliphatic heterocycles. The molecular weight excluding hydrogens is 380 g/mol. The van der Waals surface area contributed by atoms with Crippen LogP contribution in [0.5, 0.6) is 0 Å².